The third-order valence-corrected chi connectivity index (χ3v) is 3.41. The second-order valence-electron chi connectivity index (χ2n) is 3.83. The number of hydrogen-bond donors (Lipinski definition) is 0. The molecule has 0 bridgehead atoms. The maximum atomic E-state index is 12.0. The van der Waals surface area contributed by atoms with Crippen molar-refractivity contribution in [2.24, 2.45) is 0 Å². The Bertz CT molecular complexity index is 468. The smallest absolute Gasteiger partial charge is 0.260 e. The van der Waals surface area contributed by atoms with Gasteiger partial charge in [-0.25, -0.2) is 0 Å². The molecule has 0 amide bonds. The summed E-state index contributed by atoms with van der Waals surface area (Å²) in [6.45, 7) is 1.30. The zero-order chi connectivity index (χ0) is 13.8. The summed E-state index contributed by atoms with van der Waals surface area (Å²) >= 11 is 0. The van der Waals surface area contributed by atoms with Crippen molar-refractivity contribution in [1.29, 1.82) is 0 Å². The molecule has 0 heterocycles. The van der Waals surface area contributed by atoms with Crippen molar-refractivity contribution in [3.63, 3.8) is 0 Å². The van der Waals surface area contributed by atoms with Crippen molar-refractivity contribution in [2.75, 3.05) is 0 Å². The molecule has 0 radical (unpaired) electrons. The highest BCUT2D eigenvalue weighted by Crippen LogP contribution is 2.26. The Labute approximate surface area is 104 Å². The number of benzene rings is 1. The maximum Gasteiger partial charge on any atom is 0.523 e. The summed E-state index contributed by atoms with van der Waals surface area (Å²) in [5.41, 5.74) is -4.45. The Morgan fingerprint density at radius 3 is 2.28 bits per heavy atom. The van der Waals surface area contributed by atoms with E-state index in [0.29, 0.717) is 6.42 Å². The lowest BCUT2D eigenvalue weighted by molar-refractivity contribution is -0.0570. The van der Waals surface area contributed by atoms with E-state index in [0.717, 1.165) is 5.56 Å². The van der Waals surface area contributed by atoms with Crippen LogP contribution in [0.5, 0.6) is 0 Å². The minimum absolute atomic E-state index is 0.194. The molecule has 102 valence electrons. The summed E-state index contributed by atoms with van der Waals surface area (Å²) in [5.74, 6) is 0. The van der Waals surface area contributed by atoms with Crippen LogP contribution in [-0.4, -0.2) is 20.0 Å². The second kappa shape index (κ2) is 5.71. The van der Waals surface area contributed by atoms with Crippen LogP contribution in [0.1, 0.15) is 18.9 Å². The molecule has 1 atom stereocenters. The van der Waals surface area contributed by atoms with Crippen molar-refractivity contribution < 1.29 is 25.8 Å². The van der Waals surface area contributed by atoms with Crippen LogP contribution >= 0.6 is 0 Å². The highest BCUT2D eigenvalue weighted by Gasteiger charge is 2.48. The molecular formula is C11H13F3O3S. The molecular weight excluding hydrogens is 269 g/mol. The van der Waals surface area contributed by atoms with Crippen molar-refractivity contribution in [2.45, 2.75) is 31.4 Å². The third-order valence-electron chi connectivity index (χ3n) is 2.26. The standard InChI is InChI=1S/C11H13F3O3S/c1-9(17-18(15,16)11(12,13)14)7-8-10-5-3-2-4-6-10/h2-6,9H,7-8H2,1H3. The zero-order valence-electron chi connectivity index (χ0n) is 9.65. The van der Waals surface area contributed by atoms with E-state index in [1.54, 1.807) is 12.1 Å². The van der Waals surface area contributed by atoms with Gasteiger partial charge in [-0.3, -0.25) is 4.18 Å². The summed E-state index contributed by atoms with van der Waals surface area (Å²) in [7, 11) is -5.50. The first-order valence-corrected chi connectivity index (χ1v) is 6.66. The first-order valence-electron chi connectivity index (χ1n) is 5.26. The second-order valence-corrected chi connectivity index (χ2v) is 5.39. The molecule has 0 N–H and O–H groups in total. The summed E-state index contributed by atoms with van der Waals surface area (Å²) in [4.78, 5) is 0. The van der Waals surface area contributed by atoms with Gasteiger partial charge < -0.3 is 0 Å². The van der Waals surface area contributed by atoms with Gasteiger partial charge in [0.15, 0.2) is 0 Å². The van der Waals surface area contributed by atoms with Gasteiger partial charge in [0.2, 0.25) is 0 Å². The van der Waals surface area contributed by atoms with E-state index in [2.05, 4.69) is 4.18 Å². The molecule has 3 nitrogen and oxygen atoms in total. The van der Waals surface area contributed by atoms with Crippen LogP contribution in [0.15, 0.2) is 30.3 Å². The van der Waals surface area contributed by atoms with Gasteiger partial charge in [-0.15, -0.1) is 0 Å². The molecule has 7 heteroatoms. The largest absolute Gasteiger partial charge is 0.523 e. The van der Waals surface area contributed by atoms with Crippen molar-refractivity contribution in [3.8, 4) is 0 Å². The maximum absolute atomic E-state index is 12.0. The SMILES string of the molecule is CC(CCc1ccccc1)OS(=O)(=O)C(F)(F)F. The minimum atomic E-state index is -5.50. The molecule has 0 aliphatic rings. The first kappa shape index (κ1) is 15.0. The van der Waals surface area contributed by atoms with E-state index in [1.807, 2.05) is 18.2 Å². The van der Waals surface area contributed by atoms with Crippen molar-refractivity contribution >= 4 is 10.1 Å². The highest BCUT2D eigenvalue weighted by atomic mass is 32.2. The van der Waals surface area contributed by atoms with Crippen LogP contribution in [0.3, 0.4) is 0 Å². The molecule has 1 aromatic carbocycles. The van der Waals surface area contributed by atoms with Crippen molar-refractivity contribution in [3.05, 3.63) is 35.9 Å². The number of aryl methyl sites for hydroxylation is 1. The number of halogens is 3. The number of rotatable bonds is 5. The van der Waals surface area contributed by atoms with Crippen LogP contribution < -0.4 is 0 Å². The Kier molecular flexibility index (Phi) is 4.75. The highest BCUT2D eigenvalue weighted by molar-refractivity contribution is 7.87. The zero-order valence-corrected chi connectivity index (χ0v) is 10.5. The first-order chi connectivity index (χ1) is 8.22. The summed E-state index contributed by atoms with van der Waals surface area (Å²) < 4.78 is 61.7. The van der Waals surface area contributed by atoms with Gasteiger partial charge in [0, 0.05) is 0 Å². The summed E-state index contributed by atoms with van der Waals surface area (Å²) in [5, 5.41) is 0. The normalized spacial score (nSPS) is 14.4. The predicted molar refractivity (Wildman–Crippen MR) is 60.3 cm³/mol. The van der Waals surface area contributed by atoms with Crippen LogP contribution in [-0.2, 0) is 20.7 Å². The minimum Gasteiger partial charge on any atom is -0.260 e. The van der Waals surface area contributed by atoms with Gasteiger partial charge in [-0.2, -0.15) is 21.6 Å². The molecule has 0 aliphatic heterocycles. The lowest BCUT2D eigenvalue weighted by Crippen LogP contribution is -2.29. The number of hydrogen-bond acceptors (Lipinski definition) is 3. The van der Waals surface area contributed by atoms with Crippen LogP contribution in [0, 0.1) is 0 Å². The average molecular weight is 282 g/mol. The Morgan fingerprint density at radius 2 is 1.78 bits per heavy atom. The summed E-state index contributed by atoms with van der Waals surface area (Å²) in [6.07, 6.45) is -0.369. The molecule has 0 saturated carbocycles. The molecule has 0 fully saturated rings. The van der Waals surface area contributed by atoms with E-state index >= 15 is 0 Å². The van der Waals surface area contributed by atoms with Crippen LogP contribution in [0.25, 0.3) is 0 Å². The number of alkyl halides is 3. The van der Waals surface area contributed by atoms with E-state index in [-0.39, 0.29) is 6.42 Å². The monoisotopic (exact) mass is 282 g/mol. The fraction of sp³-hybridized carbons (Fsp3) is 0.455. The molecule has 1 unspecified atom stereocenters. The predicted octanol–water partition coefficient (Wildman–Crippen LogP) is 2.87. The Morgan fingerprint density at radius 1 is 1.22 bits per heavy atom. The van der Waals surface area contributed by atoms with E-state index in [1.165, 1.54) is 6.92 Å². The fourth-order valence-corrected chi connectivity index (χ4v) is 1.97. The van der Waals surface area contributed by atoms with Gasteiger partial charge in [-0.05, 0) is 25.3 Å². The Balaban J connectivity index is 2.51. The van der Waals surface area contributed by atoms with Gasteiger partial charge >= 0.3 is 15.6 Å². The lowest BCUT2D eigenvalue weighted by atomic mass is 10.1. The van der Waals surface area contributed by atoms with Crippen molar-refractivity contribution in [1.82, 2.24) is 0 Å². The van der Waals surface area contributed by atoms with Gasteiger partial charge in [-0.1, -0.05) is 30.3 Å². The van der Waals surface area contributed by atoms with Gasteiger partial charge in [0.05, 0.1) is 6.10 Å². The van der Waals surface area contributed by atoms with E-state index < -0.39 is 21.7 Å². The Hall–Kier alpha value is -1.08. The van der Waals surface area contributed by atoms with E-state index in [4.69, 9.17) is 0 Å². The summed E-state index contributed by atoms with van der Waals surface area (Å²) in [6, 6.07) is 9.04. The third kappa shape index (κ3) is 4.30. The van der Waals surface area contributed by atoms with Gasteiger partial charge in [0.1, 0.15) is 0 Å². The molecule has 1 aromatic rings. The molecule has 0 spiro atoms. The molecule has 0 aromatic heterocycles. The van der Waals surface area contributed by atoms with E-state index in [9.17, 15) is 21.6 Å². The van der Waals surface area contributed by atoms with Crippen LogP contribution in [0.2, 0.25) is 0 Å². The molecule has 0 aliphatic carbocycles. The molecule has 18 heavy (non-hydrogen) atoms. The molecule has 0 saturated heterocycles. The quantitative estimate of drug-likeness (QED) is 0.616. The van der Waals surface area contributed by atoms with Gasteiger partial charge in [0.25, 0.3) is 0 Å². The molecule has 1 rings (SSSR count). The topological polar surface area (TPSA) is 43.4 Å². The lowest BCUT2D eigenvalue weighted by Gasteiger charge is -2.14. The average Bonchev–Trinajstić information content (AvgIpc) is 2.26. The fourth-order valence-electron chi connectivity index (χ4n) is 1.33. The van der Waals surface area contributed by atoms with Crippen LogP contribution in [0.4, 0.5) is 13.2 Å².